The second kappa shape index (κ2) is 6.76. The quantitative estimate of drug-likeness (QED) is 0.802. The molecule has 0 radical (unpaired) electrons. The first-order chi connectivity index (χ1) is 8.88. The van der Waals surface area contributed by atoms with Crippen LogP contribution in [0.25, 0.3) is 0 Å². The number of halogens is 1. The molecular weight excluding hydrogens is 278 g/mol. The highest BCUT2D eigenvalue weighted by Crippen LogP contribution is 2.22. The number of rotatable bonds is 2. The van der Waals surface area contributed by atoms with Gasteiger partial charge in [-0.3, -0.25) is 9.59 Å². The van der Waals surface area contributed by atoms with Gasteiger partial charge in [0.25, 0.3) is 0 Å². The van der Waals surface area contributed by atoms with E-state index in [4.69, 9.17) is 0 Å². The summed E-state index contributed by atoms with van der Waals surface area (Å²) < 4.78 is 0. The topological polar surface area (TPSA) is 61.4 Å². The van der Waals surface area contributed by atoms with Crippen LogP contribution in [0, 0.1) is 0 Å². The molecule has 2 aliphatic rings. The van der Waals surface area contributed by atoms with Gasteiger partial charge in [0.15, 0.2) is 0 Å². The molecule has 0 aliphatic carbocycles. The first kappa shape index (κ1) is 17.2. The molecule has 0 bridgehead atoms. The molecule has 0 aromatic carbocycles. The van der Waals surface area contributed by atoms with Crippen molar-refractivity contribution in [1.82, 2.24) is 15.5 Å². The van der Waals surface area contributed by atoms with Crippen molar-refractivity contribution in [3.63, 3.8) is 0 Å². The van der Waals surface area contributed by atoms with Crippen molar-refractivity contribution in [2.45, 2.75) is 64.1 Å². The molecule has 2 saturated heterocycles. The third-order valence-electron chi connectivity index (χ3n) is 3.91. The Morgan fingerprint density at radius 2 is 2.05 bits per heavy atom. The molecular formula is C14H26ClN3O2. The molecule has 20 heavy (non-hydrogen) atoms. The molecule has 2 fully saturated rings. The van der Waals surface area contributed by atoms with Gasteiger partial charge in [-0.1, -0.05) is 6.42 Å². The average molecular weight is 304 g/mol. The maximum Gasteiger partial charge on any atom is 0.237 e. The van der Waals surface area contributed by atoms with Gasteiger partial charge in [0.05, 0.1) is 12.1 Å². The second-order valence-electron chi connectivity index (χ2n) is 6.59. The number of piperidine rings is 1. The molecule has 0 spiro atoms. The molecule has 2 aliphatic heterocycles. The Hall–Kier alpha value is -0.810. The van der Waals surface area contributed by atoms with Crippen LogP contribution in [0.15, 0.2) is 0 Å². The number of hydrogen-bond donors (Lipinski definition) is 2. The molecule has 2 amide bonds. The van der Waals surface area contributed by atoms with Crippen molar-refractivity contribution in [3.8, 4) is 0 Å². The molecule has 2 unspecified atom stereocenters. The second-order valence-corrected chi connectivity index (χ2v) is 6.59. The van der Waals surface area contributed by atoms with E-state index in [-0.39, 0.29) is 41.8 Å². The van der Waals surface area contributed by atoms with Crippen LogP contribution in [0.4, 0.5) is 0 Å². The van der Waals surface area contributed by atoms with Crippen LogP contribution in [0.1, 0.15) is 46.5 Å². The van der Waals surface area contributed by atoms with Gasteiger partial charge in [-0.15, -0.1) is 12.4 Å². The van der Waals surface area contributed by atoms with E-state index in [1.54, 1.807) is 0 Å². The van der Waals surface area contributed by atoms with Gasteiger partial charge in [0, 0.05) is 18.5 Å². The fourth-order valence-electron chi connectivity index (χ4n) is 2.83. The number of nitrogens with one attached hydrogen (secondary N) is 2. The Balaban J connectivity index is 0.00000200. The summed E-state index contributed by atoms with van der Waals surface area (Å²) in [6.07, 6.45) is 3.57. The van der Waals surface area contributed by atoms with Crippen LogP contribution >= 0.6 is 12.4 Å². The first-order valence-corrected chi connectivity index (χ1v) is 7.22. The number of carbonyl (C=O) groups is 2. The number of hydrogen-bond acceptors (Lipinski definition) is 3. The minimum absolute atomic E-state index is 0. The van der Waals surface area contributed by atoms with Crippen LogP contribution in [-0.2, 0) is 9.59 Å². The Bertz CT molecular complexity index is 362. The van der Waals surface area contributed by atoms with Gasteiger partial charge < -0.3 is 15.5 Å². The minimum Gasteiger partial charge on any atom is -0.350 e. The van der Waals surface area contributed by atoms with Crippen molar-refractivity contribution in [2.75, 3.05) is 13.1 Å². The molecule has 2 atom stereocenters. The van der Waals surface area contributed by atoms with E-state index in [9.17, 15) is 9.59 Å². The zero-order chi connectivity index (χ0) is 14.0. The number of likely N-dealkylation sites (tertiary alicyclic amines) is 1. The lowest BCUT2D eigenvalue weighted by Gasteiger charge is -2.32. The highest BCUT2D eigenvalue weighted by atomic mass is 35.5. The smallest absolute Gasteiger partial charge is 0.237 e. The molecule has 0 saturated carbocycles. The van der Waals surface area contributed by atoms with E-state index in [1.165, 1.54) is 0 Å². The Morgan fingerprint density at radius 3 is 2.55 bits per heavy atom. The summed E-state index contributed by atoms with van der Waals surface area (Å²) in [5.74, 6) is 0.183. The van der Waals surface area contributed by atoms with Gasteiger partial charge in [0.2, 0.25) is 11.8 Å². The van der Waals surface area contributed by atoms with Crippen LogP contribution in [0.3, 0.4) is 0 Å². The van der Waals surface area contributed by atoms with Gasteiger partial charge in [-0.05, 0) is 40.2 Å². The Labute approximate surface area is 127 Å². The molecule has 2 rings (SSSR count). The maximum atomic E-state index is 12.1. The minimum atomic E-state index is -0.167. The SMILES string of the molecule is CC(C)(C)N1CC(NC(=O)C2CCCCN2)CC1=O.Cl. The number of carbonyl (C=O) groups excluding carboxylic acids is 2. The lowest BCUT2D eigenvalue weighted by atomic mass is 10.0. The number of nitrogens with zero attached hydrogens (tertiary/aromatic N) is 1. The highest BCUT2D eigenvalue weighted by molar-refractivity contribution is 5.85. The normalized spacial score (nSPS) is 27.1. The molecule has 0 aromatic rings. The highest BCUT2D eigenvalue weighted by Gasteiger charge is 2.37. The van der Waals surface area contributed by atoms with Gasteiger partial charge in [-0.2, -0.15) is 0 Å². The summed E-state index contributed by atoms with van der Waals surface area (Å²) in [6.45, 7) is 7.62. The summed E-state index contributed by atoms with van der Waals surface area (Å²) in [5.41, 5.74) is -0.167. The van der Waals surface area contributed by atoms with E-state index >= 15 is 0 Å². The lowest BCUT2D eigenvalue weighted by molar-refractivity contribution is -0.131. The summed E-state index contributed by atoms with van der Waals surface area (Å²) in [5, 5.41) is 6.25. The van der Waals surface area contributed by atoms with Crippen molar-refractivity contribution in [2.24, 2.45) is 0 Å². The van der Waals surface area contributed by atoms with Crippen LogP contribution in [-0.4, -0.2) is 47.4 Å². The fourth-order valence-corrected chi connectivity index (χ4v) is 2.83. The van der Waals surface area contributed by atoms with E-state index in [1.807, 2.05) is 25.7 Å². The molecule has 2 N–H and O–H groups in total. The van der Waals surface area contributed by atoms with Crippen LogP contribution in [0.5, 0.6) is 0 Å². The van der Waals surface area contributed by atoms with Crippen molar-refractivity contribution in [3.05, 3.63) is 0 Å². The summed E-state index contributed by atoms with van der Waals surface area (Å²) in [4.78, 5) is 25.9. The maximum absolute atomic E-state index is 12.1. The molecule has 6 heteroatoms. The molecule has 2 heterocycles. The molecule has 5 nitrogen and oxygen atoms in total. The predicted octanol–water partition coefficient (Wildman–Crippen LogP) is 1.07. The molecule has 116 valence electrons. The van der Waals surface area contributed by atoms with E-state index < -0.39 is 0 Å². The van der Waals surface area contributed by atoms with Crippen molar-refractivity contribution in [1.29, 1.82) is 0 Å². The standard InChI is InChI=1S/C14H25N3O2.ClH/c1-14(2,3)17-9-10(8-12(17)18)16-13(19)11-6-4-5-7-15-11;/h10-11,15H,4-9H2,1-3H3,(H,16,19);1H. The monoisotopic (exact) mass is 303 g/mol. The predicted molar refractivity (Wildman–Crippen MR) is 80.9 cm³/mol. The van der Waals surface area contributed by atoms with Gasteiger partial charge >= 0.3 is 0 Å². The van der Waals surface area contributed by atoms with E-state index in [0.717, 1.165) is 25.8 Å². The molecule has 0 aromatic heterocycles. The van der Waals surface area contributed by atoms with Gasteiger partial charge in [-0.25, -0.2) is 0 Å². The Morgan fingerprint density at radius 1 is 1.35 bits per heavy atom. The first-order valence-electron chi connectivity index (χ1n) is 7.22. The summed E-state index contributed by atoms with van der Waals surface area (Å²) in [6, 6.07) is -0.115. The van der Waals surface area contributed by atoms with Crippen molar-refractivity contribution >= 4 is 24.2 Å². The van der Waals surface area contributed by atoms with E-state index in [2.05, 4.69) is 10.6 Å². The third-order valence-corrected chi connectivity index (χ3v) is 3.91. The summed E-state index contributed by atoms with van der Waals surface area (Å²) in [7, 11) is 0. The zero-order valence-corrected chi connectivity index (χ0v) is 13.4. The average Bonchev–Trinajstić information content (AvgIpc) is 2.71. The largest absolute Gasteiger partial charge is 0.350 e. The zero-order valence-electron chi connectivity index (χ0n) is 12.6. The fraction of sp³-hybridized carbons (Fsp3) is 0.857. The van der Waals surface area contributed by atoms with E-state index in [0.29, 0.717) is 13.0 Å². The van der Waals surface area contributed by atoms with Crippen LogP contribution in [0.2, 0.25) is 0 Å². The Kier molecular flexibility index (Phi) is 5.83. The number of amides is 2. The van der Waals surface area contributed by atoms with Gasteiger partial charge in [0.1, 0.15) is 0 Å². The third kappa shape index (κ3) is 4.09. The van der Waals surface area contributed by atoms with Crippen LogP contribution < -0.4 is 10.6 Å². The lowest BCUT2D eigenvalue weighted by Crippen LogP contribution is -2.50. The van der Waals surface area contributed by atoms with Crippen molar-refractivity contribution < 1.29 is 9.59 Å². The summed E-state index contributed by atoms with van der Waals surface area (Å²) >= 11 is 0.